The maximum atomic E-state index is 12.9. The molecule has 0 radical (unpaired) electrons. The van der Waals surface area contributed by atoms with Gasteiger partial charge in [-0.25, -0.2) is 4.39 Å². The molecule has 1 heterocycles. The number of benzene rings is 1. The Morgan fingerprint density at radius 2 is 2.04 bits per heavy atom. The molecular formula is C18H20FN3O2. The Labute approximate surface area is 140 Å². The average Bonchev–Trinajstić information content (AvgIpc) is 3.30. The fourth-order valence-electron chi connectivity index (χ4n) is 2.34. The lowest BCUT2D eigenvalue weighted by atomic mass is 10.0. The molecule has 5 nitrogen and oxygen atoms in total. The predicted octanol–water partition coefficient (Wildman–Crippen LogP) is 3.61. The third kappa shape index (κ3) is 4.07. The molecule has 0 aliphatic heterocycles. The normalized spacial score (nSPS) is 15.8. The van der Waals surface area contributed by atoms with E-state index < -0.39 is 0 Å². The minimum Gasteiger partial charge on any atom is -0.340 e. The summed E-state index contributed by atoms with van der Waals surface area (Å²) in [5.41, 5.74) is 0.751. The highest BCUT2D eigenvalue weighted by Gasteiger charge is 2.31. The zero-order chi connectivity index (χ0) is 17.1. The van der Waals surface area contributed by atoms with Gasteiger partial charge in [0, 0.05) is 12.0 Å². The van der Waals surface area contributed by atoms with Gasteiger partial charge in [-0.15, -0.1) is 0 Å². The Morgan fingerprint density at radius 3 is 2.67 bits per heavy atom. The van der Waals surface area contributed by atoms with Crippen LogP contribution in [-0.2, 0) is 4.79 Å². The summed E-state index contributed by atoms with van der Waals surface area (Å²) < 4.78 is 18.2. The van der Waals surface area contributed by atoms with E-state index in [1.165, 1.54) is 18.2 Å². The Bertz CT molecular complexity index is 733. The first kappa shape index (κ1) is 16.4. The molecule has 1 aromatic heterocycles. The maximum absolute atomic E-state index is 12.9. The molecule has 1 atom stereocenters. The molecule has 0 spiro atoms. The van der Waals surface area contributed by atoms with Crippen molar-refractivity contribution in [1.82, 2.24) is 15.5 Å². The van der Waals surface area contributed by atoms with Crippen LogP contribution in [0.25, 0.3) is 6.08 Å². The van der Waals surface area contributed by atoms with Crippen molar-refractivity contribution in [3.8, 4) is 0 Å². The van der Waals surface area contributed by atoms with Gasteiger partial charge in [-0.1, -0.05) is 31.1 Å². The van der Waals surface area contributed by atoms with Gasteiger partial charge in [0.25, 0.3) is 0 Å². The number of halogens is 1. The highest BCUT2D eigenvalue weighted by Crippen LogP contribution is 2.38. The van der Waals surface area contributed by atoms with Crippen LogP contribution in [0.3, 0.4) is 0 Å². The van der Waals surface area contributed by atoms with Gasteiger partial charge in [0.05, 0.1) is 0 Å². The predicted molar refractivity (Wildman–Crippen MR) is 87.4 cm³/mol. The molecule has 3 rings (SSSR count). The molecule has 6 heteroatoms. The number of hydrogen-bond acceptors (Lipinski definition) is 4. The lowest BCUT2D eigenvalue weighted by molar-refractivity contribution is -0.117. The number of amides is 1. The highest BCUT2D eigenvalue weighted by molar-refractivity contribution is 5.91. The minimum absolute atomic E-state index is 0.112. The number of nitrogens with one attached hydrogen (secondary N) is 1. The van der Waals surface area contributed by atoms with Crippen molar-refractivity contribution in [1.29, 1.82) is 0 Å². The van der Waals surface area contributed by atoms with Gasteiger partial charge in [-0.05, 0) is 42.5 Å². The number of nitrogens with zero attached hydrogens (tertiary/aromatic N) is 2. The van der Waals surface area contributed by atoms with E-state index in [0.29, 0.717) is 11.8 Å². The molecule has 126 valence electrons. The molecular weight excluding hydrogens is 309 g/mol. The quantitative estimate of drug-likeness (QED) is 0.822. The third-order valence-electron chi connectivity index (χ3n) is 3.93. The van der Waals surface area contributed by atoms with E-state index in [9.17, 15) is 9.18 Å². The molecule has 1 unspecified atom stereocenters. The van der Waals surface area contributed by atoms with Crippen LogP contribution in [0.5, 0.6) is 0 Å². The number of hydrogen-bond donors (Lipinski definition) is 1. The van der Waals surface area contributed by atoms with E-state index in [1.807, 2.05) is 13.8 Å². The zero-order valence-electron chi connectivity index (χ0n) is 13.7. The first-order valence-electron chi connectivity index (χ1n) is 8.10. The standard InChI is InChI=1S/C18H20FN3O2/c1-11(2)16(18-21-17(22-24-18)13-6-7-13)20-15(23)10-5-12-3-8-14(19)9-4-12/h3-5,8-11,13,16H,6-7H2,1-2H3,(H,20,23)/b10-5+. The van der Waals surface area contributed by atoms with Crippen LogP contribution in [0.15, 0.2) is 34.9 Å². The second-order valence-electron chi connectivity index (χ2n) is 6.38. The lowest BCUT2D eigenvalue weighted by Crippen LogP contribution is -2.30. The Kier molecular flexibility index (Phi) is 4.74. The van der Waals surface area contributed by atoms with Crippen molar-refractivity contribution in [3.05, 3.63) is 53.4 Å². The zero-order valence-corrected chi connectivity index (χ0v) is 13.7. The van der Waals surface area contributed by atoms with Crippen LogP contribution in [0, 0.1) is 11.7 Å². The van der Waals surface area contributed by atoms with Gasteiger partial charge < -0.3 is 9.84 Å². The summed E-state index contributed by atoms with van der Waals surface area (Å²) in [4.78, 5) is 16.6. The largest absolute Gasteiger partial charge is 0.340 e. The van der Waals surface area contributed by atoms with Crippen LogP contribution < -0.4 is 5.32 Å². The monoisotopic (exact) mass is 329 g/mol. The summed E-state index contributed by atoms with van der Waals surface area (Å²) in [7, 11) is 0. The summed E-state index contributed by atoms with van der Waals surface area (Å²) in [6, 6.07) is 5.59. The number of rotatable bonds is 6. The van der Waals surface area contributed by atoms with Crippen LogP contribution >= 0.6 is 0 Å². The summed E-state index contributed by atoms with van der Waals surface area (Å²) >= 11 is 0. The maximum Gasteiger partial charge on any atom is 0.249 e. The smallest absolute Gasteiger partial charge is 0.249 e. The molecule has 1 amide bonds. The highest BCUT2D eigenvalue weighted by atomic mass is 19.1. The Hall–Kier alpha value is -2.50. The summed E-state index contributed by atoms with van der Waals surface area (Å²) in [6.07, 6.45) is 5.24. The molecule has 2 aromatic rings. The van der Waals surface area contributed by atoms with Crippen molar-refractivity contribution >= 4 is 12.0 Å². The van der Waals surface area contributed by atoms with Gasteiger partial charge in [0.1, 0.15) is 11.9 Å². The molecule has 24 heavy (non-hydrogen) atoms. The topological polar surface area (TPSA) is 68.0 Å². The van der Waals surface area contributed by atoms with Crippen molar-refractivity contribution in [3.63, 3.8) is 0 Å². The summed E-state index contributed by atoms with van der Waals surface area (Å²) in [5.74, 6) is 1.12. The molecule has 1 N–H and O–H groups in total. The Morgan fingerprint density at radius 1 is 1.33 bits per heavy atom. The van der Waals surface area contributed by atoms with Gasteiger partial charge in [0.15, 0.2) is 5.82 Å². The lowest BCUT2D eigenvalue weighted by Gasteiger charge is -2.17. The van der Waals surface area contributed by atoms with Gasteiger partial charge in [-0.2, -0.15) is 4.98 Å². The summed E-state index contributed by atoms with van der Waals surface area (Å²) in [6.45, 7) is 3.96. The number of aromatic nitrogens is 2. The first-order valence-corrected chi connectivity index (χ1v) is 8.10. The van der Waals surface area contributed by atoms with Crippen molar-refractivity contribution < 1.29 is 13.7 Å². The van der Waals surface area contributed by atoms with Crippen LogP contribution in [0.4, 0.5) is 4.39 Å². The van der Waals surface area contributed by atoms with E-state index in [4.69, 9.17) is 4.52 Å². The second kappa shape index (κ2) is 6.95. The minimum atomic E-state index is -0.338. The molecule has 0 saturated heterocycles. The van der Waals surface area contributed by atoms with E-state index in [-0.39, 0.29) is 23.7 Å². The molecule has 1 saturated carbocycles. The first-order chi connectivity index (χ1) is 11.5. The fourth-order valence-corrected chi connectivity index (χ4v) is 2.34. The molecule has 1 aliphatic carbocycles. The second-order valence-corrected chi connectivity index (χ2v) is 6.38. The molecule has 0 bridgehead atoms. The van der Waals surface area contributed by atoms with Gasteiger partial charge in [0.2, 0.25) is 11.8 Å². The molecule has 1 aliphatic rings. The van der Waals surface area contributed by atoms with Gasteiger partial charge in [-0.3, -0.25) is 4.79 Å². The van der Waals surface area contributed by atoms with Crippen LogP contribution in [-0.4, -0.2) is 16.0 Å². The number of carbonyl (C=O) groups excluding carboxylic acids is 1. The number of carbonyl (C=O) groups is 1. The molecule has 1 aromatic carbocycles. The fraction of sp³-hybridized carbons (Fsp3) is 0.389. The van der Waals surface area contributed by atoms with Crippen molar-refractivity contribution in [2.45, 2.75) is 38.6 Å². The van der Waals surface area contributed by atoms with Crippen LogP contribution in [0.1, 0.15) is 55.9 Å². The van der Waals surface area contributed by atoms with E-state index >= 15 is 0 Å². The summed E-state index contributed by atoms with van der Waals surface area (Å²) in [5, 5.41) is 6.89. The van der Waals surface area contributed by atoms with E-state index in [0.717, 1.165) is 24.2 Å². The van der Waals surface area contributed by atoms with Crippen LogP contribution in [0.2, 0.25) is 0 Å². The third-order valence-corrected chi connectivity index (χ3v) is 3.93. The van der Waals surface area contributed by atoms with E-state index in [1.54, 1.807) is 18.2 Å². The SMILES string of the molecule is CC(C)C(NC(=O)/C=C/c1ccc(F)cc1)c1nc(C2CC2)no1. The Balaban J connectivity index is 1.65. The average molecular weight is 329 g/mol. The van der Waals surface area contributed by atoms with Crippen molar-refractivity contribution in [2.24, 2.45) is 5.92 Å². The molecule has 1 fully saturated rings. The van der Waals surface area contributed by atoms with E-state index in [2.05, 4.69) is 15.5 Å². The van der Waals surface area contributed by atoms with Gasteiger partial charge >= 0.3 is 0 Å². The van der Waals surface area contributed by atoms with Crippen molar-refractivity contribution in [2.75, 3.05) is 0 Å².